The minimum absolute atomic E-state index is 0.241. The van der Waals surface area contributed by atoms with Crippen molar-refractivity contribution in [3.05, 3.63) is 62.9 Å². The van der Waals surface area contributed by atoms with Gasteiger partial charge in [0.05, 0.1) is 0 Å². The van der Waals surface area contributed by atoms with Gasteiger partial charge in [-0.15, -0.1) is 0 Å². The molecule has 2 aromatic rings. The first kappa shape index (κ1) is 15.1. The zero-order chi connectivity index (χ0) is 15.2. The van der Waals surface area contributed by atoms with Crippen molar-refractivity contribution < 1.29 is 0 Å². The zero-order valence-electron chi connectivity index (χ0n) is 12.5. The molecule has 0 saturated heterocycles. The summed E-state index contributed by atoms with van der Waals surface area (Å²) in [5, 5.41) is 3.22. The van der Waals surface area contributed by atoms with E-state index in [9.17, 15) is 9.59 Å². The number of aryl methyl sites for hydroxylation is 2. The molecule has 0 atom stereocenters. The lowest BCUT2D eigenvalue weighted by atomic mass is 10.2. The first-order chi connectivity index (χ1) is 10.1. The van der Waals surface area contributed by atoms with Crippen LogP contribution >= 0.6 is 0 Å². The molecule has 0 radical (unpaired) electrons. The van der Waals surface area contributed by atoms with Crippen LogP contribution in [0.2, 0.25) is 0 Å². The lowest BCUT2D eigenvalue weighted by Crippen LogP contribution is -2.40. The van der Waals surface area contributed by atoms with Crippen molar-refractivity contribution in [2.45, 2.75) is 33.4 Å². The van der Waals surface area contributed by atoms with Gasteiger partial charge in [-0.1, -0.05) is 24.6 Å². The van der Waals surface area contributed by atoms with Crippen LogP contribution in [0, 0.1) is 6.92 Å². The van der Waals surface area contributed by atoms with Gasteiger partial charge in [0, 0.05) is 37.6 Å². The number of hydrogen-bond donors (Lipinski definition) is 1. The molecule has 0 saturated carbocycles. The molecule has 0 fully saturated rings. The summed E-state index contributed by atoms with van der Waals surface area (Å²) in [4.78, 5) is 24.0. The van der Waals surface area contributed by atoms with E-state index in [1.54, 1.807) is 10.8 Å². The van der Waals surface area contributed by atoms with E-state index in [1.165, 1.54) is 16.2 Å². The minimum atomic E-state index is -0.252. The molecule has 1 N–H and O–H groups in total. The lowest BCUT2D eigenvalue weighted by molar-refractivity contribution is 0.555. The molecule has 0 aliphatic heterocycles. The number of nitrogens with zero attached hydrogens (tertiary/aromatic N) is 2. The third-order valence-electron chi connectivity index (χ3n) is 3.32. The van der Waals surface area contributed by atoms with Crippen molar-refractivity contribution in [3.63, 3.8) is 0 Å². The molecular weight excluding hydrogens is 266 g/mol. The van der Waals surface area contributed by atoms with Crippen LogP contribution in [0.1, 0.15) is 18.9 Å². The Morgan fingerprint density at radius 1 is 1.05 bits per heavy atom. The summed E-state index contributed by atoms with van der Waals surface area (Å²) in [7, 11) is 0. The second-order valence-corrected chi connectivity index (χ2v) is 5.07. The maximum absolute atomic E-state index is 12.2. The Morgan fingerprint density at radius 2 is 1.76 bits per heavy atom. The number of nitrogens with one attached hydrogen (secondary N) is 1. The Balaban J connectivity index is 2.06. The van der Waals surface area contributed by atoms with E-state index in [0.29, 0.717) is 19.6 Å². The molecule has 1 aromatic heterocycles. The highest BCUT2D eigenvalue weighted by Gasteiger charge is 2.04. The minimum Gasteiger partial charge on any atom is -0.383 e. The monoisotopic (exact) mass is 287 g/mol. The standard InChI is InChI=1S/C16H21N3O2/c1-3-10-18-11-8-15(20)19(16(18)21)12-9-17-14-6-4-13(2)5-7-14/h4-8,11,17H,3,9-10,12H2,1-2H3. The van der Waals surface area contributed by atoms with E-state index >= 15 is 0 Å². The predicted octanol–water partition coefficient (Wildman–Crippen LogP) is 1.84. The quantitative estimate of drug-likeness (QED) is 0.882. The van der Waals surface area contributed by atoms with Crippen molar-refractivity contribution in [2.75, 3.05) is 11.9 Å². The second kappa shape index (κ2) is 6.92. The van der Waals surface area contributed by atoms with Crippen LogP contribution in [-0.2, 0) is 13.1 Å². The summed E-state index contributed by atoms with van der Waals surface area (Å²) >= 11 is 0. The van der Waals surface area contributed by atoms with Gasteiger partial charge in [-0.3, -0.25) is 9.36 Å². The SMILES string of the molecule is CCCn1ccc(=O)n(CCNc2ccc(C)cc2)c1=O. The van der Waals surface area contributed by atoms with E-state index in [0.717, 1.165) is 12.1 Å². The summed E-state index contributed by atoms with van der Waals surface area (Å²) in [6, 6.07) is 9.45. The molecular formula is C16H21N3O2. The average Bonchev–Trinajstić information content (AvgIpc) is 2.48. The van der Waals surface area contributed by atoms with Crippen molar-refractivity contribution in [3.8, 4) is 0 Å². The van der Waals surface area contributed by atoms with Crippen LogP contribution in [0.15, 0.2) is 46.1 Å². The summed E-state index contributed by atoms with van der Waals surface area (Å²) in [6.07, 6.45) is 2.43. The third-order valence-corrected chi connectivity index (χ3v) is 3.32. The van der Waals surface area contributed by atoms with E-state index in [1.807, 2.05) is 38.1 Å². The van der Waals surface area contributed by atoms with Crippen LogP contribution in [-0.4, -0.2) is 15.7 Å². The largest absolute Gasteiger partial charge is 0.383 e. The molecule has 0 unspecified atom stereocenters. The van der Waals surface area contributed by atoms with Gasteiger partial charge in [0.1, 0.15) is 0 Å². The number of hydrogen-bond acceptors (Lipinski definition) is 3. The summed E-state index contributed by atoms with van der Waals surface area (Å²) < 4.78 is 2.85. The van der Waals surface area contributed by atoms with Gasteiger partial charge < -0.3 is 9.88 Å². The fraction of sp³-hybridized carbons (Fsp3) is 0.375. The number of aromatic nitrogens is 2. The highest BCUT2D eigenvalue weighted by molar-refractivity contribution is 5.44. The van der Waals surface area contributed by atoms with E-state index in [2.05, 4.69) is 5.32 Å². The number of benzene rings is 1. The Kier molecular flexibility index (Phi) is 4.98. The molecule has 0 bridgehead atoms. The van der Waals surface area contributed by atoms with Crippen molar-refractivity contribution in [2.24, 2.45) is 0 Å². The Bertz CT molecular complexity index is 699. The molecule has 0 spiro atoms. The average molecular weight is 287 g/mol. The van der Waals surface area contributed by atoms with Gasteiger partial charge in [0.2, 0.25) is 0 Å². The number of anilines is 1. The van der Waals surface area contributed by atoms with Gasteiger partial charge in [-0.25, -0.2) is 4.79 Å². The van der Waals surface area contributed by atoms with E-state index < -0.39 is 0 Å². The van der Waals surface area contributed by atoms with E-state index in [4.69, 9.17) is 0 Å². The van der Waals surface area contributed by atoms with Crippen LogP contribution in [0.25, 0.3) is 0 Å². The maximum Gasteiger partial charge on any atom is 0.331 e. The fourth-order valence-electron chi connectivity index (χ4n) is 2.16. The van der Waals surface area contributed by atoms with Crippen LogP contribution in [0.5, 0.6) is 0 Å². The third kappa shape index (κ3) is 3.84. The van der Waals surface area contributed by atoms with Crippen molar-refractivity contribution in [1.82, 2.24) is 9.13 Å². The molecule has 0 aliphatic carbocycles. The smallest absolute Gasteiger partial charge is 0.331 e. The van der Waals surface area contributed by atoms with Gasteiger partial charge in [-0.05, 0) is 25.5 Å². The predicted molar refractivity (Wildman–Crippen MR) is 84.9 cm³/mol. The Labute approximate surface area is 123 Å². The van der Waals surface area contributed by atoms with Gasteiger partial charge >= 0.3 is 5.69 Å². The molecule has 1 aromatic carbocycles. The zero-order valence-corrected chi connectivity index (χ0v) is 12.5. The van der Waals surface area contributed by atoms with Crippen LogP contribution < -0.4 is 16.6 Å². The molecule has 2 rings (SSSR count). The molecule has 1 heterocycles. The van der Waals surface area contributed by atoms with E-state index in [-0.39, 0.29) is 11.2 Å². The fourth-order valence-corrected chi connectivity index (χ4v) is 2.16. The number of rotatable bonds is 6. The van der Waals surface area contributed by atoms with Crippen molar-refractivity contribution in [1.29, 1.82) is 0 Å². The van der Waals surface area contributed by atoms with Gasteiger partial charge in [0.15, 0.2) is 0 Å². The summed E-state index contributed by atoms with van der Waals surface area (Å²) in [5.41, 5.74) is 1.69. The Hall–Kier alpha value is -2.30. The summed E-state index contributed by atoms with van der Waals surface area (Å²) in [5.74, 6) is 0. The van der Waals surface area contributed by atoms with Gasteiger partial charge in [0.25, 0.3) is 5.56 Å². The second-order valence-electron chi connectivity index (χ2n) is 5.07. The topological polar surface area (TPSA) is 56.0 Å². The van der Waals surface area contributed by atoms with Crippen LogP contribution in [0.4, 0.5) is 5.69 Å². The molecule has 21 heavy (non-hydrogen) atoms. The molecule has 112 valence electrons. The highest BCUT2D eigenvalue weighted by Crippen LogP contribution is 2.07. The molecule has 5 nitrogen and oxygen atoms in total. The molecule has 5 heteroatoms. The molecule has 0 aliphatic rings. The first-order valence-electron chi connectivity index (χ1n) is 7.22. The first-order valence-corrected chi connectivity index (χ1v) is 7.22. The van der Waals surface area contributed by atoms with Crippen molar-refractivity contribution >= 4 is 5.69 Å². The Morgan fingerprint density at radius 3 is 2.43 bits per heavy atom. The van der Waals surface area contributed by atoms with Crippen LogP contribution in [0.3, 0.4) is 0 Å². The lowest BCUT2D eigenvalue weighted by Gasteiger charge is -2.10. The normalized spacial score (nSPS) is 10.6. The molecule has 0 amide bonds. The maximum atomic E-state index is 12.2. The summed E-state index contributed by atoms with van der Waals surface area (Å²) in [6.45, 7) is 5.55. The van der Waals surface area contributed by atoms with Gasteiger partial charge in [-0.2, -0.15) is 0 Å². The highest BCUT2D eigenvalue weighted by atomic mass is 16.2.